The first-order valence-corrected chi connectivity index (χ1v) is 9.95. The van der Waals surface area contributed by atoms with E-state index in [0.29, 0.717) is 10.9 Å². The number of hydrogen-bond donors (Lipinski definition) is 2. The maximum atomic E-state index is 11.8. The molecule has 10 heteroatoms. The molecule has 3 aromatic rings. The van der Waals surface area contributed by atoms with Gasteiger partial charge in [-0.15, -0.1) is 0 Å². The van der Waals surface area contributed by atoms with E-state index in [1.165, 1.54) is 30.2 Å². The first-order chi connectivity index (χ1) is 13.5. The molecule has 0 atom stereocenters. The largest absolute Gasteiger partial charge is 0.382 e. The van der Waals surface area contributed by atoms with Crippen molar-refractivity contribution >= 4 is 27.6 Å². The third-order valence-corrected chi connectivity index (χ3v) is 4.93. The van der Waals surface area contributed by atoms with Gasteiger partial charge in [-0.1, -0.05) is 17.8 Å². The highest BCUT2D eigenvalue weighted by Crippen LogP contribution is 2.28. The lowest BCUT2D eigenvalue weighted by Gasteiger charge is -2.10. The summed E-state index contributed by atoms with van der Waals surface area (Å²) in [4.78, 5) is 16.7. The van der Waals surface area contributed by atoms with E-state index < -0.39 is 16.9 Å². The molecule has 2 heterocycles. The van der Waals surface area contributed by atoms with Gasteiger partial charge in [-0.25, -0.2) is 33.5 Å². The van der Waals surface area contributed by atoms with Gasteiger partial charge in [-0.3, -0.25) is 0 Å². The fraction of sp³-hybridized carbons (Fsp3) is 0.125. The molecular formula is C16H16N6O2S2. The molecule has 0 amide bonds. The van der Waals surface area contributed by atoms with Gasteiger partial charge in [0.25, 0.3) is 0 Å². The topological polar surface area (TPSA) is 138 Å². The Kier molecular flexibility index (Phi) is 3.92. The normalized spacial score (nSPS) is 13.7. The van der Waals surface area contributed by atoms with Crippen molar-refractivity contribution < 1.29 is 12.5 Å². The number of hydrogen-bond acceptors (Lipinski definition) is 8. The Labute approximate surface area is 159 Å². The van der Waals surface area contributed by atoms with E-state index >= 15 is 0 Å². The Morgan fingerprint density at radius 2 is 1.96 bits per heavy atom. The summed E-state index contributed by atoms with van der Waals surface area (Å²) in [7, 11) is -4.05. The minimum atomic E-state index is -4.05. The van der Waals surface area contributed by atoms with Gasteiger partial charge < -0.3 is 5.73 Å². The van der Waals surface area contributed by atoms with Crippen molar-refractivity contribution in [2.45, 2.75) is 16.9 Å². The van der Waals surface area contributed by atoms with Gasteiger partial charge in [-0.05, 0) is 36.9 Å². The average Bonchev–Trinajstić information content (AvgIpc) is 2.66. The van der Waals surface area contributed by atoms with Crippen molar-refractivity contribution in [2.24, 2.45) is 5.14 Å². The van der Waals surface area contributed by atoms with Gasteiger partial charge in [0.1, 0.15) is 5.69 Å². The maximum Gasteiger partial charge on any atom is 0.238 e. The van der Waals surface area contributed by atoms with Crippen LogP contribution in [0.25, 0.3) is 22.6 Å². The van der Waals surface area contributed by atoms with Gasteiger partial charge in [0.15, 0.2) is 11.0 Å². The van der Waals surface area contributed by atoms with Crippen molar-refractivity contribution in [3.8, 4) is 22.6 Å². The second-order valence-electron chi connectivity index (χ2n) is 5.17. The Hall–Kier alpha value is -2.56. The Morgan fingerprint density at radius 1 is 1.15 bits per heavy atom. The molecule has 0 saturated carbocycles. The standard InChI is InChI=1S/C16H16N6O2S2/c1-9-3-4-10(26(18,23)24)7-11(9)13-8-20-15(17)14(21-13)12-5-6-19-16(22-12)25-2/h3-8H,1-2H3,(H2,17,20)(H2,18,23,24)/i1D3. The molecular weight excluding hydrogens is 372 g/mol. The van der Waals surface area contributed by atoms with Crippen molar-refractivity contribution in [3.05, 3.63) is 42.2 Å². The highest BCUT2D eigenvalue weighted by atomic mass is 32.2. The molecule has 0 unspecified atom stereocenters. The quantitative estimate of drug-likeness (QED) is 0.508. The van der Waals surface area contributed by atoms with Gasteiger partial charge in [-0.2, -0.15) is 0 Å². The number of anilines is 1. The molecule has 0 aliphatic rings. The van der Waals surface area contributed by atoms with Crippen LogP contribution < -0.4 is 10.9 Å². The van der Waals surface area contributed by atoms with E-state index in [1.54, 1.807) is 6.07 Å². The SMILES string of the molecule is [2H]C([2H])([2H])c1ccc(S(N)(=O)=O)cc1-c1cnc(N)c(-c2ccnc(SC)n2)n1. The van der Waals surface area contributed by atoms with Crippen LogP contribution in [0.3, 0.4) is 0 Å². The van der Waals surface area contributed by atoms with E-state index in [1.807, 2.05) is 6.26 Å². The number of primary sulfonamides is 1. The summed E-state index contributed by atoms with van der Waals surface area (Å²) in [6, 6.07) is 5.08. The lowest BCUT2D eigenvalue weighted by atomic mass is 10.1. The minimum Gasteiger partial charge on any atom is -0.382 e. The summed E-state index contributed by atoms with van der Waals surface area (Å²) in [6.45, 7) is -2.52. The second-order valence-corrected chi connectivity index (χ2v) is 7.50. The molecule has 0 aliphatic carbocycles. The minimum absolute atomic E-state index is 0.0596. The lowest BCUT2D eigenvalue weighted by Crippen LogP contribution is -2.12. The number of sulfonamides is 1. The molecule has 2 aromatic heterocycles. The number of thioether (sulfide) groups is 1. The molecule has 4 N–H and O–H groups in total. The van der Waals surface area contributed by atoms with Crippen LogP contribution in [0.4, 0.5) is 5.82 Å². The van der Waals surface area contributed by atoms with E-state index in [2.05, 4.69) is 19.9 Å². The molecule has 26 heavy (non-hydrogen) atoms. The van der Waals surface area contributed by atoms with Crippen LogP contribution in [0, 0.1) is 6.85 Å². The fourth-order valence-corrected chi connectivity index (χ4v) is 3.10. The van der Waals surface area contributed by atoms with E-state index in [-0.39, 0.29) is 33.2 Å². The van der Waals surface area contributed by atoms with Gasteiger partial charge in [0, 0.05) is 15.9 Å². The fourth-order valence-electron chi connectivity index (χ4n) is 2.20. The Balaban J connectivity index is 2.25. The summed E-state index contributed by atoms with van der Waals surface area (Å²) < 4.78 is 46.8. The van der Waals surface area contributed by atoms with Crippen molar-refractivity contribution in [2.75, 3.05) is 12.0 Å². The van der Waals surface area contributed by atoms with E-state index in [0.717, 1.165) is 12.1 Å². The smallest absolute Gasteiger partial charge is 0.238 e. The predicted molar refractivity (Wildman–Crippen MR) is 101 cm³/mol. The molecule has 0 aliphatic heterocycles. The third-order valence-electron chi connectivity index (χ3n) is 3.45. The summed E-state index contributed by atoms with van der Waals surface area (Å²) in [6.07, 6.45) is 4.62. The molecule has 0 radical (unpaired) electrons. The number of nitrogen functional groups attached to an aromatic ring is 1. The van der Waals surface area contributed by atoms with Crippen LogP contribution in [-0.4, -0.2) is 34.6 Å². The number of rotatable bonds is 4. The first kappa shape index (κ1) is 14.6. The van der Waals surface area contributed by atoms with Crippen molar-refractivity contribution in [3.63, 3.8) is 0 Å². The molecule has 0 spiro atoms. The molecule has 3 rings (SSSR count). The molecule has 1 aromatic carbocycles. The van der Waals surface area contributed by atoms with Gasteiger partial charge >= 0.3 is 0 Å². The molecule has 134 valence electrons. The Morgan fingerprint density at radius 3 is 2.65 bits per heavy atom. The van der Waals surface area contributed by atoms with Gasteiger partial charge in [0.2, 0.25) is 10.0 Å². The van der Waals surface area contributed by atoms with Crippen molar-refractivity contribution in [1.29, 1.82) is 0 Å². The zero-order chi connectivity index (χ0) is 21.4. The van der Waals surface area contributed by atoms with Crippen molar-refractivity contribution in [1.82, 2.24) is 19.9 Å². The predicted octanol–water partition coefficient (Wildman–Crippen LogP) is 1.86. The van der Waals surface area contributed by atoms with Crippen LogP contribution in [-0.2, 0) is 10.0 Å². The molecule has 0 fully saturated rings. The maximum absolute atomic E-state index is 11.8. The number of aromatic nitrogens is 4. The summed E-state index contributed by atoms with van der Waals surface area (Å²) in [5, 5.41) is 5.69. The van der Waals surface area contributed by atoms with Gasteiger partial charge in [0.05, 0.1) is 22.5 Å². The zero-order valence-corrected chi connectivity index (χ0v) is 15.2. The highest BCUT2D eigenvalue weighted by Gasteiger charge is 2.15. The molecule has 0 bridgehead atoms. The van der Waals surface area contributed by atoms with E-state index in [4.69, 9.17) is 15.0 Å². The number of aryl methyl sites for hydroxylation is 1. The Bertz CT molecular complexity index is 1190. The number of benzene rings is 1. The zero-order valence-electron chi connectivity index (χ0n) is 16.5. The first-order valence-electron chi connectivity index (χ1n) is 8.68. The second kappa shape index (κ2) is 6.98. The number of nitrogens with zero attached hydrogens (tertiary/aromatic N) is 4. The van der Waals surface area contributed by atoms with Crippen LogP contribution in [0.15, 0.2) is 46.7 Å². The lowest BCUT2D eigenvalue weighted by molar-refractivity contribution is 0.598. The average molecular weight is 391 g/mol. The monoisotopic (exact) mass is 391 g/mol. The molecule has 0 saturated heterocycles. The van der Waals surface area contributed by atoms with Crippen LogP contribution in [0.1, 0.15) is 9.68 Å². The third kappa shape index (κ3) is 3.66. The number of nitrogens with two attached hydrogens (primary N) is 2. The van der Waals surface area contributed by atoms with E-state index in [9.17, 15) is 8.42 Å². The highest BCUT2D eigenvalue weighted by molar-refractivity contribution is 7.98. The summed E-state index contributed by atoms with van der Waals surface area (Å²) >= 11 is 1.33. The van der Waals surface area contributed by atoms with Crippen LogP contribution >= 0.6 is 11.8 Å². The summed E-state index contributed by atoms with van der Waals surface area (Å²) in [5.41, 5.74) is 6.65. The molecule has 8 nitrogen and oxygen atoms in total. The van der Waals surface area contributed by atoms with Crippen LogP contribution in [0.5, 0.6) is 0 Å². The summed E-state index contributed by atoms with van der Waals surface area (Å²) in [5.74, 6) is 0.0811. The van der Waals surface area contributed by atoms with Crippen LogP contribution in [0.2, 0.25) is 0 Å².